The van der Waals surface area contributed by atoms with E-state index < -0.39 is 16.4 Å². The van der Waals surface area contributed by atoms with E-state index >= 15 is 0 Å². The second-order valence-electron chi connectivity index (χ2n) is 5.69. The van der Waals surface area contributed by atoms with Crippen LogP contribution in [0.2, 0.25) is 0 Å². The molecule has 1 heterocycles. The van der Waals surface area contributed by atoms with Crippen molar-refractivity contribution < 1.29 is 14.8 Å². The molecule has 5 nitrogen and oxygen atoms in total. The Kier molecular flexibility index (Phi) is 3.95. The average molecular weight is 329 g/mol. The van der Waals surface area contributed by atoms with Crippen LogP contribution in [-0.2, 0) is 10.4 Å². The van der Waals surface area contributed by atoms with Crippen LogP contribution < -0.4 is 0 Å². The van der Waals surface area contributed by atoms with E-state index in [1.807, 2.05) is 24.3 Å². The van der Waals surface area contributed by atoms with Crippen molar-refractivity contribution in [3.05, 3.63) is 69.8 Å². The van der Waals surface area contributed by atoms with Gasteiger partial charge in [-0.05, 0) is 24.1 Å². The minimum absolute atomic E-state index is 0.00405. The van der Waals surface area contributed by atoms with Gasteiger partial charge in [-0.25, -0.2) is 0 Å². The largest absolute Gasteiger partial charge is 0.385 e. The number of fused-ring (bicyclic) bond motifs is 1. The average Bonchev–Trinajstić information content (AvgIpc) is 2.54. The van der Waals surface area contributed by atoms with Gasteiger partial charge in [0, 0.05) is 22.3 Å². The van der Waals surface area contributed by atoms with Gasteiger partial charge in [-0.1, -0.05) is 30.3 Å². The monoisotopic (exact) mass is 329 g/mol. The van der Waals surface area contributed by atoms with Crippen LogP contribution in [0.3, 0.4) is 0 Å². The minimum atomic E-state index is -1.28. The van der Waals surface area contributed by atoms with Crippen LogP contribution in [0.5, 0.6) is 0 Å². The molecule has 2 aromatic carbocycles. The first-order valence-electron chi connectivity index (χ1n) is 7.13. The van der Waals surface area contributed by atoms with Crippen molar-refractivity contribution >= 4 is 23.7 Å². The lowest BCUT2D eigenvalue weighted by Gasteiger charge is -2.40. The maximum Gasteiger partial charge on any atom is 0.269 e. The van der Waals surface area contributed by atoms with Gasteiger partial charge in [0.05, 0.1) is 16.4 Å². The molecule has 2 aromatic rings. The summed E-state index contributed by atoms with van der Waals surface area (Å²) in [7, 11) is 0. The van der Waals surface area contributed by atoms with Gasteiger partial charge in [0.2, 0.25) is 0 Å². The predicted molar refractivity (Wildman–Crippen MR) is 87.3 cm³/mol. The third-order valence-corrected chi connectivity index (χ3v) is 5.67. The van der Waals surface area contributed by atoms with Crippen molar-refractivity contribution in [3.8, 4) is 0 Å². The van der Waals surface area contributed by atoms with Crippen LogP contribution in [0.1, 0.15) is 23.3 Å². The first-order chi connectivity index (χ1) is 10.9. The highest BCUT2D eigenvalue weighted by atomic mass is 32.2. The number of aliphatic hydroxyl groups is 1. The van der Waals surface area contributed by atoms with E-state index in [1.54, 1.807) is 19.1 Å². The fourth-order valence-corrected chi connectivity index (χ4v) is 4.54. The Hall–Kier alpha value is -2.18. The molecule has 0 radical (unpaired) electrons. The first-order valence-corrected chi connectivity index (χ1v) is 8.01. The topological polar surface area (TPSA) is 80.4 Å². The Morgan fingerprint density at radius 3 is 2.48 bits per heavy atom. The third-order valence-electron chi connectivity index (χ3n) is 4.24. The first kappa shape index (κ1) is 15.7. The van der Waals surface area contributed by atoms with E-state index in [1.165, 1.54) is 23.9 Å². The maximum absolute atomic E-state index is 11.7. The summed E-state index contributed by atoms with van der Waals surface area (Å²) in [5.74, 6) is -0.635. The molecule has 1 aliphatic heterocycles. The molecular weight excluding hydrogens is 314 g/mol. The molecule has 0 saturated heterocycles. The van der Waals surface area contributed by atoms with Gasteiger partial charge in [-0.3, -0.25) is 10.1 Å². The summed E-state index contributed by atoms with van der Waals surface area (Å²) in [6, 6.07) is 13.6. The number of carbonyl (C=O) groups excluding carboxylic acids is 1. The standard InChI is InChI=1S/C17H15NO4S/c1-17(20)13-4-2-3-5-15(13)23-16(14(17)10-19)11-6-8-12(9-7-11)18(21)22/h2-10,14,16,20H,1H3/t14-,16-,17-/m1/s1. The summed E-state index contributed by atoms with van der Waals surface area (Å²) in [5.41, 5.74) is 0.243. The van der Waals surface area contributed by atoms with E-state index in [2.05, 4.69) is 0 Å². The van der Waals surface area contributed by atoms with E-state index in [0.717, 1.165) is 22.3 Å². The second-order valence-corrected chi connectivity index (χ2v) is 6.88. The van der Waals surface area contributed by atoms with Crippen LogP contribution in [0.25, 0.3) is 0 Å². The van der Waals surface area contributed by atoms with Crippen molar-refractivity contribution in [1.82, 2.24) is 0 Å². The fourth-order valence-electron chi connectivity index (χ4n) is 2.94. The van der Waals surface area contributed by atoms with Crippen LogP contribution in [0.15, 0.2) is 53.4 Å². The van der Waals surface area contributed by atoms with Gasteiger partial charge in [-0.15, -0.1) is 11.8 Å². The molecule has 3 atom stereocenters. The Balaban J connectivity index is 2.05. The minimum Gasteiger partial charge on any atom is -0.385 e. The highest BCUT2D eigenvalue weighted by Crippen LogP contribution is 2.54. The molecule has 1 N–H and O–H groups in total. The molecule has 6 heteroatoms. The van der Waals surface area contributed by atoms with Crippen molar-refractivity contribution in [2.75, 3.05) is 0 Å². The molecule has 0 fully saturated rings. The number of rotatable bonds is 3. The number of non-ortho nitro benzene ring substituents is 1. The molecule has 118 valence electrons. The Morgan fingerprint density at radius 2 is 1.87 bits per heavy atom. The third kappa shape index (κ3) is 2.64. The lowest BCUT2D eigenvalue weighted by molar-refractivity contribution is -0.384. The van der Waals surface area contributed by atoms with Gasteiger partial charge in [0.1, 0.15) is 6.29 Å². The van der Waals surface area contributed by atoms with Crippen LogP contribution in [-0.4, -0.2) is 16.3 Å². The zero-order valence-electron chi connectivity index (χ0n) is 12.4. The number of thioether (sulfide) groups is 1. The quantitative estimate of drug-likeness (QED) is 0.530. The van der Waals surface area contributed by atoms with Gasteiger partial charge in [-0.2, -0.15) is 0 Å². The molecule has 0 unspecified atom stereocenters. The summed E-state index contributed by atoms with van der Waals surface area (Å²) in [6.07, 6.45) is 0.773. The zero-order chi connectivity index (χ0) is 16.6. The number of carbonyl (C=O) groups is 1. The van der Waals surface area contributed by atoms with E-state index in [4.69, 9.17) is 0 Å². The number of aldehydes is 1. The lowest BCUT2D eigenvalue weighted by Crippen LogP contribution is -2.39. The van der Waals surface area contributed by atoms with Crippen LogP contribution in [0, 0.1) is 16.0 Å². The number of nitro groups is 1. The summed E-state index contributed by atoms with van der Waals surface area (Å²) >= 11 is 1.50. The predicted octanol–water partition coefficient (Wildman–Crippen LogP) is 3.46. The number of nitro benzene ring substituents is 1. The maximum atomic E-state index is 11.7. The highest BCUT2D eigenvalue weighted by Gasteiger charge is 2.45. The smallest absolute Gasteiger partial charge is 0.269 e. The van der Waals surface area contributed by atoms with Gasteiger partial charge in [0.25, 0.3) is 5.69 Å². The molecule has 0 bridgehead atoms. The summed E-state index contributed by atoms with van der Waals surface area (Å²) < 4.78 is 0. The second kappa shape index (κ2) is 5.79. The number of hydrogen-bond acceptors (Lipinski definition) is 5. The van der Waals surface area contributed by atoms with Crippen molar-refractivity contribution in [2.45, 2.75) is 22.7 Å². The molecule has 23 heavy (non-hydrogen) atoms. The van der Waals surface area contributed by atoms with Crippen LogP contribution in [0.4, 0.5) is 5.69 Å². The highest BCUT2D eigenvalue weighted by molar-refractivity contribution is 7.99. The number of benzene rings is 2. The van der Waals surface area contributed by atoms with Crippen molar-refractivity contribution in [1.29, 1.82) is 0 Å². The molecule has 3 rings (SSSR count). The SMILES string of the molecule is C[C@@]1(O)c2ccccc2S[C@H](c2ccc([N+](=O)[O-])cc2)[C@H]1C=O. The Bertz CT molecular complexity index is 757. The normalized spacial score (nSPS) is 26.3. The summed E-state index contributed by atoms with van der Waals surface area (Å²) in [5, 5.41) is 21.4. The molecule has 0 saturated carbocycles. The van der Waals surface area contributed by atoms with E-state index in [9.17, 15) is 20.0 Å². The summed E-state index contributed by atoms with van der Waals surface area (Å²) in [4.78, 5) is 22.9. The molecular formula is C17H15NO4S. The van der Waals surface area contributed by atoms with Crippen LogP contribution >= 0.6 is 11.8 Å². The number of hydrogen-bond donors (Lipinski definition) is 1. The molecule has 0 amide bonds. The van der Waals surface area contributed by atoms with Gasteiger partial charge < -0.3 is 9.90 Å². The Morgan fingerprint density at radius 1 is 1.22 bits per heavy atom. The molecule has 0 aromatic heterocycles. The van der Waals surface area contributed by atoms with Crippen molar-refractivity contribution in [3.63, 3.8) is 0 Å². The molecule has 1 aliphatic rings. The van der Waals surface area contributed by atoms with Gasteiger partial charge in [0.15, 0.2) is 0 Å². The van der Waals surface area contributed by atoms with Gasteiger partial charge >= 0.3 is 0 Å². The zero-order valence-corrected chi connectivity index (χ0v) is 13.2. The Labute approximate surface area is 137 Å². The van der Waals surface area contributed by atoms with E-state index in [0.29, 0.717) is 0 Å². The fraction of sp³-hybridized carbons (Fsp3) is 0.235. The number of nitrogens with zero attached hydrogens (tertiary/aromatic N) is 1. The molecule has 0 aliphatic carbocycles. The lowest BCUT2D eigenvalue weighted by atomic mass is 9.79. The van der Waals surface area contributed by atoms with Crippen molar-refractivity contribution in [2.24, 2.45) is 5.92 Å². The van der Waals surface area contributed by atoms with E-state index in [-0.39, 0.29) is 10.9 Å². The molecule has 0 spiro atoms. The summed E-state index contributed by atoms with van der Waals surface area (Å²) in [6.45, 7) is 1.64.